The molecule has 2 N–H and O–H groups in total. The van der Waals surface area contributed by atoms with Crippen molar-refractivity contribution in [1.29, 1.82) is 0 Å². The van der Waals surface area contributed by atoms with Crippen LogP contribution in [0.5, 0.6) is 5.75 Å². The fourth-order valence-electron chi connectivity index (χ4n) is 3.53. The van der Waals surface area contributed by atoms with E-state index in [9.17, 15) is 19.8 Å². The van der Waals surface area contributed by atoms with Crippen LogP contribution < -0.4 is 4.90 Å². The van der Waals surface area contributed by atoms with E-state index in [0.717, 1.165) is 5.56 Å². The average molecular weight is 385 g/mol. The summed E-state index contributed by atoms with van der Waals surface area (Å²) in [4.78, 5) is 27.3. The first kappa shape index (κ1) is 18.5. The molecule has 5 heteroatoms. The average Bonchev–Trinajstić information content (AvgIpc) is 3.00. The molecule has 1 atom stereocenters. The number of hydrogen-bond acceptors (Lipinski definition) is 4. The van der Waals surface area contributed by atoms with Crippen LogP contribution in [0.25, 0.3) is 5.76 Å². The van der Waals surface area contributed by atoms with E-state index in [0.29, 0.717) is 16.8 Å². The Labute approximate surface area is 168 Å². The third-order valence-corrected chi connectivity index (χ3v) is 5.01. The molecule has 5 nitrogen and oxygen atoms in total. The van der Waals surface area contributed by atoms with Crippen LogP contribution in [-0.2, 0) is 9.59 Å². The fraction of sp³-hybridized carbons (Fsp3) is 0.0833. The van der Waals surface area contributed by atoms with Gasteiger partial charge in [-0.1, -0.05) is 60.2 Å². The molecule has 0 bridgehead atoms. The number of rotatable bonds is 3. The number of carbonyl (C=O) groups is 2. The molecule has 0 saturated carbocycles. The molecule has 29 heavy (non-hydrogen) atoms. The van der Waals surface area contributed by atoms with Crippen molar-refractivity contribution >= 4 is 23.1 Å². The molecule has 1 aliphatic rings. The Morgan fingerprint density at radius 2 is 1.48 bits per heavy atom. The monoisotopic (exact) mass is 385 g/mol. The highest BCUT2D eigenvalue weighted by Gasteiger charge is 2.46. The van der Waals surface area contributed by atoms with E-state index in [4.69, 9.17) is 0 Å². The van der Waals surface area contributed by atoms with E-state index in [1.807, 2.05) is 49.4 Å². The lowest BCUT2D eigenvalue weighted by Gasteiger charge is -2.25. The number of phenols is 1. The van der Waals surface area contributed by atoms with Gasteiger partial charge in [0.1, 0.15) is 11.5 Å². The van der Waals surface area contributed by atoms with Crippen molar-refractivity contribution in [2.75, 3.05) is 4.90 Å². The second kappa shape index (κ2) is 7.28. The van der Waals surface area contributed by atoms with Gasteiger partial charge in [-0.2, -0.15) is 0 Å². The number of aryl methyl sites for hydroxylation is 1. The number of nitrogens with zero attached hydrogens (tertiary/aromatic N) is 1. The third-order valence-electron chi connectivity index (χ3n) is 5.01. The molecule has 1 aliphatic heterocycles. The Bertz CT molecular complexity index is 1100. The Hall–Kier alpha value is -3.86. The summed E-state index contributed by atoms with van der Waals surface area (Å²) in [6.07, 6.45) is 0. The van der Waals surface area contributed by atoms with Crippen molar-refractivity contribution in [3.63, 3.8) is 0 Å². The van der Waals surface area contributed by atoms with Crippen LogP contribution in [-0.4, -0.2) is 21.9 Å². The van der Waals surface area contributed by atoms with E-state index in [1.165, 1.54) is 17.0 Å². The summed E-state index contributed by atoms with van der Waals surface area (Å²) in [6.45, 7) is 1.93. The zero-order valence-corrected chi connectivity index (χ0v) is 15.7. The maximum absolute atomic E-state index is 13.0. The van der Waals surface area contributed by atoms with Gasteiger partial charge in [-0.25, -0.2) is 0 Å². The second-order valence-electron chi connectivity index (χ2n) is 6.96. The van der Waals surface area contributed by atoms with E-state index < -0.39 is 17.7 Å². The second-order valence-corrected chi connectivity index (χ2v) is 6.96. The van der Waals surface area contributed by atoms with Crippen molar-refractivity contribution < 1.29 is 19.8 Å². The van der Waals surface area contributed by atoms with Crippen LogP contribution in [0.3, 0.4) is 0 Å². The number of aliphatic hydroxyl groups excluding tert-OH is 1. The molecule has 1 amide bonds. The molecule has 1 heterocycles. The summed E-state index contributed by atoms with van der Waals surface area (Å²) in [5.74, 6) is -1.62. The highest BCUT2D eigenvalue weighted by molar-refractivity contribution is 6.51. The number of Topliss-reactive ketones (excluding diaryl/α,β-unsaturated/α-hetero) is 1. The summed E-state index contributed by atoms with van der Waals surface area (Å²) in [5, 5.41) is 20.6. The molecule has 0 radical (unpaired) electrons. The Kier molecular flexibility index (Phi) is 4.64. The molecule has 0 aliphatic carbocycles. The minimum absolute atomic E-state index is 0.0399. The maximum atomic E-state index is 13.0. The summed E-state index contributed by atoms with van der Waals surface area (Å²) in [5.41, 5.74) is 2.69. The minimum atomic E-state index is -0.776. The lowest BCUT2D eigenvalue weighted by molar-refractivity contribution is -0.132. The Balaban J connectivity index is 1.93. The van der Waals surface area contributed by atoms with Crippen molar-refractivity contribution in [2.45, 2.75) is 13.0 Å². The number of ketones is 1. The highest BCUT2D eigenvalue weighted by Crippen LogP contribution is 2.42. The van der Waals surface area contributed by atoms with Gasteiger partial charge in [0.25, 0.3) is 11.7 Å². The van der Waals surface area contributed by atoms with Gasteiger partial charge in [-0.3, -0.25) is 14.5 Å². The smallest absolute Gasteiger partial charge is 0.300 e. The molecule has 0 spiro atoms. The molecule has 144 valence electrons. The maximum Gasteiger partial charge on any atom is 0.300 e. The number of aromatic hydroxyl groups is 1. The Morgan fingerprint density at radius 3 is 2.10 bits per heavy atom. The topological polar surface area (TPSA) is 77.8 Å². The predicted molar refractivity (Wildman–Crippen MR) is 111 cm³/mol. The molecular formula is C24H19NO4. The number of anilines is 1. The highest BCUT2D eigenvalue weighted by atomic mass is 16.3. The standard InChI is InChI=1S/C24H19NO4/c1-15-7-9-17(10-8-15)22(27)20-21(16-5-3-2-4-6-16)25(24(29)23(20)28)18-11-13-19(26)14-12-18/h2-14,21,26-27H,1H3/t21-/m1/s1. The van der Waals surface area contributed by atoms with Crippen LogP contribution >= 0.6 is 0 Å². The Morgan fingerprint density at radius 1 is 0.862 bits per heavy atom. The third kappa shape index (κ3) is 3.27. The van der Waals surface area contributed by atoms with Crippen molar-refractivity contribution in [3.8, 4) is 5.75 Å². The molecule has 0 aromatic heterocycles. The molecular weight excluding hydrogens is 366 g/mol. The molecule has 3 aromatic rings. The zero-order chi connectivity index (χ0) is 20.5. The molecule has 1 fully saturated rings. The van der Waals surface area contributed by atoms with Crippen molar-refractivity contribution in [2.24, 2.45) is 0 Å². The molecule has 3 aromatic carbocycles. The summed E-state index contributed by atoms with van der Waals surface area (Å²) in [6, 6.07) is 21.5. The SMILES string of the molecule is Cc1ccc(C(O)=C2C(=O)C(=O)N(c3ccc(O)cc3)[C@@H]2c2ccccc2)cc1. The summed E-state index contributed by atoms with van der Waals surface area (Å²) < 4.78 is 0. The molecule has 4 rings (SSSR count). The van der Waals surface area contributed by atoms with Crippen LogP contribution in [0.2, 0.25) is 0 Å². The number of phenolic OH excluding ortho intramolecular Hbond substituents is 1. The first-order chi connectivity index (χ1) is 14.0. The zero-order valence-electron chi connectivity index (χ0n) is 15.7. The molecule has 0 unspecified atom stereocenters. The summed E-state index contributed by atoms with van der Waals surface area (Å²) in [7, 11) is 0. The van der Waals surface area contributed by atoms with E-state index in [-0.39, 0.29) is 17.1 Å². The van der Waals surface area contributed by atoms with E-state index in [2.05, 4.69) is 0 Å². The molecule has 1 saturated heterocycles. The van der Waals surface area contributed by atoms with E-state index in [1.54, 1.807) is 24.3 Å². The van der Waals surface area contributed by atoms with Crippen LogP contribution in [0.1, 0.15) is 22.7 Å². The number of benzene rings is 3. The predicted octanol–water partition coefficient (Wildman–Crippen LogP) is 4.33. The fourth-order valence-corrected chi connectivity index (χ4v) is 3.53. The number of aliphatic hydroxyl groups is 1. The van der Waals surface area contributed by atoms with Crippen molar-refractivity contribution in [3.05, 3.63) is 101 Å². The van der Waals surface area contributed by atoms with Crippen LogP contribution in [0, 0.1) is 6.92 Å². The quantitative estimate of drug-likeness (QED) is 0.400. The van der Waals surface area contributed by atoms with Crippen LogP contribution in [0.4, 0.5) is 5.69 Å². The first-order valence-corrected chi connectivity index (χ1v) is 9.19. The van der Waals surface area contributed by atoms with Gasteiger partial charge in [0.05, 0.1) is 11.6 Å². The van der Waals surface area contributed by atoms with Gasteiger partial charge in [0.15, 0.2) is 0 Å². The van der Waals surface area contributed by atoms with Crippen molar-refractivity contribution in [1.82, 2.24) is 0 Å². The van der Waals surface area contributed by atoms with Crippen LogP contribution in [0.15, 0.2) is 84.4 Å². The first-order valence-electron chi connectivity index (χ1n) is 9.19. The number of amides is 1. The van der Waals surface area contributed by atoms with Gasteiger partial charge in [0, 0.05) is 11.3 Å². The van der Waals surface area contributed by atoms with Gasteiger partial charge in [-0.15, -0.1) is 0 Å². The minimum Gasteiger partial charge on any atom is -0.508 e. The lowest BCUT2D eigenvalue weighted by Crippen LogP contribution is -2.29. The van der Waals surface area contributed by atoms with E-state index >= 15 is 0 Å². The van der Waals surface area contributed by atoms with Gasteiger partial charge in [0.2, 0.25) is 0 Å². The van der Waals surface area contributed by atoms with Gasteiger partial charge >= 0.3 is 0 Å². The largest absolute Gasteiger partial charge is 0.508 e. The van der Waals surface area contributed by atoms with Gasteiger partial charge in [-0.05, 0) is 36.8 Å². The summed E-state index contributed by atoms with van der Waals surface area (Å²) >= 11 is 0. The number of carbonyl (C=O) groups excluding carboxylic acids is 2. The number of hydrogen-bond donors (Lipinski definition) is 2. The van der Waals surface area contributed by atoms with Gasteiger partial charge < -0.3 is 10.2 Å². The lowest BCUT2D eigenvalue weighted by atomic mass is 9.95. The normalized spacial score (nSPS) is 18.2.